The molecule has 2 N–H and O–H groups in total. The van der Waals surface area contributed by atoms with Crippen LogP contribution in [-0.4, -0.2) is 21.6 Å². The van der Waals surface area contributed by atoms with Gasteiger partial charge in [-0.15, -0.1) is 0 Å². The van der Waals surface area contributed by atoms with E-state index in [9.17, 15) is 9.50 Å². The standard InChI is InChI=1S/C25H20FN5O2/c1-16-7-8-17(18-4-3-11-28-14-18)12-22(16)24(31-27)25(32)30-20-9-10-23(29-15-20)33-21-6-2-5-19(26)13-21/h2-15H,27H2,1H3,(H,30,32)/p-1/b31-24+. The maximum Gasteiger partial charge on any atom is 0.219 e. The van der Waals surface area contributed by atoms with Crippen molar-refractivity contribution < 1.29 is 14.2 Å². The lowest BCUT2D eigenvalue weighted by Crippen LogP contribution is -2.30. The van der Waals surface area contributed by atoms with Crippen molar-refractivity contribution in [3.05, 3.63) is 102 Å². The van der Waals surface area contributed by atoms with Crippen molar-refractivity contribution in [1.29, 1.82) is 0 Å². The number of nitrogens with two attached hydrogens (primary N) is 1. The zero-order chi connectivity index (χ0) is 23.2. The summed E-state index contributed by atoms with van der Waals surface area (Å²) in [6, 6.07) is 18.2. The van der Waals surface area contributed by atoms with Crippen LogP contribution < -0.4 is 15.7 Å². The number of ether oxygens (including phenoxy) is 1. The number of aryl methyl sites for hydroxylation is 1. The molecule has 0 spiro atoms. The second kappa shape index (κ2) is 9.69. The minimum atomic E-state index is -0.607. The molecule has 0 bridgehead atoms. The molecule has 33 heavy (non-hydrogen) atoms. The molecule has 0 radical (unpaired) electrons. The molecule has 2 aromatic heterocycles. The molecule has 0 saturated carbocycles. The molecule has 7 nitrogen and oxygen atoms in total. The molecule has 4 aromatic rings. The fourth-order valence-electron chi connectivity index (χ4n) is 3.15. The minimum absolute atomic E-state index is 0.0262. The van der Waals surface area contributed by atoms with Gasteiger partial charge in [-0.3, -0.25) is 9.98 Å². The van der Waals surface area contributed by atoms with E-state index in [4.69, 9.17) is 10.6 Å². The summed E-state index contributed by atoms with van der Waals surface area (Å²) < 4.78 is 18.8. The van der Waals surface area contributed by atoms with Crippen LogP contribution in [0.15, 0.2) is 95.4 Å². The second-order valence-corrected chi connectivity index (χ2v) is 7.08. The fraction of sp³-hybridized carbons (Fsp3) is 0.0400. The average molecular weight is 440 g/mol. The first-order valence-electron chi connectivity index (χ1n) is 9.98. The first kappa shape index (κ1) is 21.6. The predicted molar refractivity (Wildman–Crippen MR) is 123 cm³/mol. The maximum atomic E-state index is 13.3. The van der Waals surface area contributed by atoms with Crippen molar-refractivity contribution in [2.45, 2.75) is 6.92 Å². The van der Waals surface area contributed by atoms with Crippen LogP contribution in [0.5, 0.6) is 11.6 Å². The van der Waals surface area contributed by atoms with E-state index in [0.717, 1.165) is 16.7 Å². The van der Waals surface area contributed by atoms with Crippen molar-refractivity contribution in [1.82, 2.24) is 9.97 Å². The molecule has 0 saturated heterocycles. The second-order valence-electron chi connectivity index (χ2n) is 7.08. The van der Waals surface area contributed by atoms with Gasteiger partial charge in [-0.05, 0) is 48.4 Å². The van der Waals surface area contributed by atoms with E-state index in [-0.39, 0.29) is 11.6 Å². The highest BCUT2D eigenvalue weighted by atomic mass is 19.1. The van der Waals surface area contributed by atoms with Gasteiger partial charge in [0.2, 0.25) is 5.88 Å². The summed E-state index contributed by atoms with van der Waals surface area (Å²) in [6.07, 6.45) is 4.80. The summed E-state index contributed by atoms with van der Waals surface area (Å²) in [5, 5.41) is 16.6. The molecular formula is C25H19FN5O2-. The molecule has 0 amide bonds. The number of aliphatic imine (C=N–C) groups is 1. The lowest BCUT2D eigenvalue weighted by Gasteiger charge is -2.16. The molecule has 0 aliphatic carbocycles. The third-order valence-electron chi connectivity index (χ3n) is 4.79. The minimum Gasteiger partial charge on any atom is -0.857 e. The van der Waals surface area contributed by atoms with E-state index in [1.807, 2.05) is 37.3 Å². The van der Waals surface area contributed by atoms with Gasteiger partial charge in [0.25, 0.3) is 0 Å². The number of rotatable bonds is 6. The highest BCUT2D eigenvalue weighted by Crippen LogP contribution is 2.24. The topological polar surface area (TPSA) is 109 Å². The van der Waals surface area contributed by atoms with Gasteiger partial charge in [0.1, 0.15) is 17.3 Å². The Labute approximate surface area is 189 Å². The Hall–Kier alpha value is -4.59. The van der Waals surface area contributed by atoms with Gasteiger partial charge in [-0.25, -0.2) is 9.37 Å². The SMILES string of the molecule is Cc1ccc(-c2cccnc2)cc1/C(=N\N)C([O-])=Nc1ccc(Oc2cccc(F)c2)nc1. The monoisotopic (exact) mass is 440 g/mol. The molecule has 0 atom stereocenters. The quantitative estimate of drug-likeness (QED) is 0.210. The number of hydrogen-bond acceptors (Lipinski definition) is 7. The van der Waals surface area contributed by atoms with Crippen LogP contribution in [0.25, 0.3) is 11.1 Å². The van der Waals surface area contributed by atoms with Crippen LogP contribution in [0.3, 0.4) is 0 Å². The molecule has 164 valence electrons. The van der Waals surface area contributed by atoms with E-state index in [0.29, 0.717) is 17.0 Å². The molecule has 0 aliphatic heterocycles. The Kier molecular flexibility index (Phi) is 6.36. The lowest BCUT2D eigenvalue weighted by molar-refractivity contribution is -0.209. The summed E-state index contributed by atoms with van der Waals surface area (Å²) in [7, 11) is 0. The lowest BCUT2D eigenvalue weighted by atomic mass is 9.97. The number of hydrogen-bond donors (Lipinski definition) is 1. The van der Waals surface area contributed by atoms with E-state index in [1.54, 1.807) is 24.5 Å². The van der Waals surface area contributed by atoms with Gasteiger partial charge in [-0.2, -0.15) is 5.10 Å². The number of benzene rings is 2. The Balaban J connectivity index is 1.57. The predicted octanol–water partition coefficient (Wildman–Crippen LogP) is 4.14. The van der Waals surface area contributed by atoms with Gasteiger partial charge >= 0.3 is 0 Å². The molecule has 0 aliphatic rings. The van der Waals surface area contributed by atoms with Gasteiger partial charge in [-0.1, -0.05) is 24.3 Å². The molecule has 4 rings (SSSR count). The third-order valence-corrected chi connectivity index (χ3v) is 4.79. The Morgan fingerprint density at radius 3 is 2.58 bits per heavy atom. The zero-order valence-corrected chi connectivity index (χ0v) is 17.6. The summed E-state index contributed by atoms with van der Waals surface area (Å²) in [4.78, 5) is 12.3. The summed E-state index contributed by atoms with van der Waals surface area (Å²) in [6.45, 7) is 1.86. The maximum absolute atomic E-state index is 13.3. The van der Waals surface area contributed by atoms with Crippen molar-refractivity contribution >= 4 is 17.3 Å². The highest BCUT2D eigenvalue weighted by Gasteiger charge is 2.10. The number of aromatic nitrogens is 2. The molecule has 8 heteroatoms. The zero-order valence-electron chi connectivity index (χ0n) is 17.6. The number of hydrazone groups is 1. The van der Waals surface area contributed by atoms with Gasteiger partial charge < -0.3 is 15.7 Å². The van der Waals surface area contributed by atoms with Crippen LogP contribution >= 0.6 is 0 Å². The molecular weight excluding hydrogens is 421 g/mol. The average Bonchev–Trinajstić information content (AvgIpc) is 2.82. The van der Waals surface area contributed by atoms with E-state index in [1.165, 1.54) is 30.5 Å². The smallest absolute Gasteiger partial charge is 0.219 e. The van der Waals surface area contributed by atoms with Crippen LogP contribution in [0, 0.1) is 12.7 Å². The van der Waals surface area contributed by atoms with Crippen molar-refractivity contribution in [2.75, 3.05) is 0 Å². The highest BCUT2D eigenvalue weighted by molar-refractivity contribution is 6.44. The summed E-state index contributed by atoms with van der Waals surface area (Å²) >= 11 is 0. The Morgan fingerprint density at radius 2 is 1.88 bits per heavy atom. The normalized spacial score (nSPS) is 11.9. The van der Waals surface area contributed by atoms with E-state index < -0.39 is 11.7 Å². The van der Waals surface area contributed by atoms with Crippen molar-refractivity contribution in [3.8, 4) is 22.8 Å². The number of halogens is 1. The van der Waals surface area contributed by atoms with Crippen LogP contribution in [0.1, 0.15) is 11.1 Å². The molecule has 2 heterocycles. The van der Waals surface area contributed by atoms with E-state index in [2.05, 4.69) is 20.1 Å². The molecule has 2 aromatic carbocycles. The summed E-state index contributed by atoms with van der Waals surface area (Å²) in [5.41, 5.74) is 3.50. The fourth-order valence-corrected chi connectivity index (χ4v) is 3.15. The van der Waals surface area contributed by atoms with Crippen LogP contribution in [-0.2, 0) is 0 Å². The number of nitrogens with zero attached hydrogens (tertiary/aromatic N) is 4. The Bertz CT molecular complexity index is 1320. The molecule has 0 unspecified atom stereocenters. The van der Waals surface area contributed by atoms with Gasteiger partial charge in [0.05, 0.1) is 11.9 Å². The largest absolute Gasteiger partial charge is 0.857 e. The van der Waals surface area contributed by atoms with Crippen molar-refractivity contribution in [3.63, 3.8) is 0 Å². The third kappa shape index (κ3) is 5.19. The number of pyridine rings is 2. The van der Waals surface area contributed by atoms with E-state index >= 15 is 0 Å². The van der Waals surface area contributed by atoms with Gasteiger partial charge in [0.15, 0.2) is 0 Å². The first-order valence-corrected chi connectivity index (χ1v) is 9.98. The Morgan fingerprint density at radius 1 is 1.00 bits per heavy atom. The summed E-state index contributed by atoms with van der Waals surface area (Å²) in [5.74, 6) is 5.09. The van der Waals surface area contributed by atoms with Crippen LogP contribution in [0.4, 0.5) is 10.1 Å². The molecule has 0 fully saturated rings. The van der Waals surface area contributed by atoms with Gasteiger partial charge in [0, 0.05) is 41.6 Å². The first-order chi connectivity index (χ1) is 16.0. The van der Waals surface area contributed by atoms with Crippen molar-refractivity contribution in [2.24, 2.45) is 15.9 Å². The van der Waals surface area contributed by atoms with Crippen LogP contribution in [0.2, 0.25) is 0 Å².